The summed E-state index contributed by atoms with van der Waals surface area (Å²) >= 11 is 6.38. The van der Waals surface area contributed by atoms with E-state index in [1.54, 1.807) is 22.7 Å². The summed E-state index contributed by atoms with van der Waals surface area (Å²) in [6, 6.07) is 7.72. The van der Waals surface area contributed by atoms with Crippen LogP contribution < -0.4 is 5.73 Å². The minimum absolute atomic E-state index is 0.260. The first-order chi connectivity index (χ1) is 14.7. The molecular formula is C20H22ClN7O3. The Labute approximate surface area is 183 Å². The number of nitrogens with zero attached hydrogens (tertiary/aromatic N) is 6. The van der Waals surface area contributed by atoms with Crippen molar-refractivity contribution in [2.24, 2.45) is 10.7 Å². The summed E-state index contributed by atoms with van der Waals surface area (Å²) in [4.78, 5) is 46.2. The Kier molecular flexibility index (Phi) is 5.18. The third-order valence-corrected chi connectivity index (χ3v) is 5.75. The number of amides is 4. The molecule has 162 valence electrons. The number of nitrogens with two attached hydrogens (primary N) is 1. The Balaban J connectivity index is 1.81. The van der Waals surface area contributed by atoms with Crippen molar-refractivity contribution in [2.75, 3.05) is 13.6 Å². The van der Waals surface area contributed by atoms with Crippen LogP contribution >= 0.6 is 11.6 Å². The van der Waals surface area contributed by atoms with E-state index in [0.717, 1.165) is 21.9 Å². The lowest BCUT2D eigenvalue weighted by Gasteiger charge is -2.41. The van der Waals surface area contributed by atoms with E-state index in [0.29, 0.717) is 11.0 Å². The lowest BCUT2D eigenvalue weighted by molar-refractivity contribution is -0.140. The molecule has 4 rings (SSSR count). The van der Waals surface area contributed by atoms with Crippen LogP contribution in [0.3, 0.4) is 0 Å². The summed E-state index contributed by atoms with van der Waals surface area (Å²) in [6.45, 7) is 3.50. The minimum Gasteiger partial charge on any atom is -0.368 e. The first kappa shape index (κ1) is 20.9. The summed E-state index contributed by atoms with van der Waals surface area (Å²) in [5, 5.41) is 5.05. The predicted octanol–water partition coefficient (Wildman–Crippen LogP) is 0.947. The van der Waals surface area contributed by atoms with Crippen LogP contribution in [0.15, 0.2) is 35.3 Å². The quantitative estimate of drug-likeness (QED) is 0.754. The molecule has 1 aromatic heterocycles. The number of aromatic nitrogens is 2. The molecule has 1 aromatic carbocycles. The third-order valence-electron chi connectivity index (χ3n) is 5.38. The Morgan fingerprint density at radius 3 is 2.55 bits per heavy atom. The average Bonchev–Trinajstić information content (AvgIpc) is 3.24. The number of carbonyl (C=O) groups is 3. The molecule has 1 fully saturated rings. The number of imide groups is 1. The summed E-state index contributed by atoms with van der Waals surface area (Å²) in [5.74, 6) is -0.891. The molecule has 0 saturated carbocycles. The van der Waals surface area contributed by atoms with Gasteiger partial charge in [0, 0.05) is 24.3 Å². The maximum Gasteiger partial charge on any atom is 0.328 e. The Hall–Kier alpha value is -3.40. The minimum atomic E-state index is -0.850. The smallest absolute Gasteiger partial charge is 0.328 e. The van der Waals surface area contributed by atoms with Crippen molar-refractivity contribution >= 4 is 35.4 Å². The van der Waals surface area contributed by atoms with Gasteiger partial charge in [0.25, 0.3) is 5.91 Å². The largest absolute Gasteiger partial charge is 0.368 e. The first-order valence-corrected chi connectivity index (χ1v) is 10.0. The predicted molar refractivity (Wildman–Crippen MR) is 113 cm³/mol. The number of aryl methyl sites for hydroxylation is 2. The van der Waals surface area contributed by atoms with Crippen molar-refractivity contribution in [1.82, 2.24) is 24.5 Å². The van der Waals surface area contributed by atoms with Gasteiger partial charge in [-0.1, -0.05) is 29.8 Å². The molecule has 1 saturated heterocycles. The zero-order valence-corrected chi connectivity index (χ0v) is 18.1. The molecule has 0 bridgehead atoms. The fourth-order valence-electron chi connectivity index (χ4n) is 3.95. The fraction of sp³-hybridized carbons (Fsp3) is 0.350. The van der Waals surface area contributed by atoms with Gasteiger partial charge in [-0.05, 0) is 31.5 Å². The molecule has 2 atom stereocenters. The van der Waals surface area contributed by atoms with Gasteiger partial charge in [-0.25, -0.2) is 14.5 Å². The summed E-state index contributed by atoms with van der Waals surface area (Å²) in [5.41, 5.74) is 7.68. The van der Waals surface area contributed by atoms with Crippen LogP contribution in [0.2, 0.25) is 5.02 Å². The SMILES string of the molecule is Cc1cc(C)n(C2=NC3C(C(=O)N(CC(N)=O)C(=O)N3C)N2Cc2ccccc2Cl)n1. The molecule has 0 radical (unpaired) electrons. The van der Waals surface area contributed by atoms with E-state index in [-0.39, 0.29) is 6.54 Å². The monoisotopic (exact) mass is 443 g/mol. The lowest BCUT2D eigenvalue weighted by Crippen LogP contribution is -2.66. The van der Waals surface area contributed by atoms with Crippen LogP contribution in [0.1, 0.15) is 17.0 Å². The van der Waals surface area contributed by atoms with E-state index in [1.807, 2.05) is 38.1 Å². The van der Waals surface area contributed by atoms with E-state index in [1.165, 1.54) is 4.90 Å². The maximum atomic E-state index is 13.3. The summed E-state index contributed by atoms with van der Waals surface area (Å²) in [7, 11) is 1.54. The first-order valence-electron chi connectivity index (χ1n) is 9.67. The molecule has 4 amide bonds. The number of likely N-dealkylation sites (N-methyl/N-ethyl adjacent to an activating group) is 1. The normalized spacial score (nSPS) is 20.9. The molecule has 11 heteroatoms. The summed E-state index contributed by atoms with van der Waals surface area (Å²) in [6.07, 6.45) is -0.773. The number of carbonyl (C=O) groups excluding carboxylic acids is 3. The van der Waals surface area contributed by atoms with E-state index < -0.39 is 36.6 Å². The Morgan fingerprint density at radius 2 is 1.94 bits per heavy atom. The van der Waals surface area contributed by atoms with Gasteiger partial charge in [-0.2, -0.15) is 5.10 Å². The molecule has 2 N–H and O–H groups in total. The Bertz CT molecular complexity index is 1110. The maximum absolute atomic E-state index is 13.3. The molecule has 0 spiro atoms. The van der Waals surface area contributed by atoms with Crippen LogP contribution in [0.25, 0.3) is 0 Å². The van der Waals surface area contributed by atoms with Gasteiger partial charge in [0.05, 0.1) is 5.69 Å². The van der Waals surface area contributed by atoms with E-state index in [9.17, 15) is 14.4 Å². The second-order valence-corrected chi connectivity index (χ2v) is 8.04. The van der Waals surface area contributed by atoms with Crippen molar-refractivity contribution in [1.29, 1.82) is 0 Å². The number of hydrogen-bond donors (Lipinski definition) is 1. The van der Waals surface area contributed by atoms with E-state index >= 15 is 0 Å². The van der Waals surface area contributed by atoms with Gasteiger partial charge < -0.3 is 15.5 Å². The van der Waals surface area contributed by atoms with Crippen LogP contribution in [-0.2, 0) is 16.1 Å². The molecule has 2 aromatic rings. The summed E-state index contributed by atoms with van der Waals surface area (Å²) < 4.78 is 1.65. The number of halogens is 1. The van der Waals surface area contributed by atoms with Crippen molar-refractivity contribution in [2.45, 2.75) is 32.6 Å². The highest BCUT2D eigenvalue weighted by molar-refractivity contribution is 6.31. The lowest BCUT2D eigenvalue weighted by atomic mass is 10.1. The van der Waals surface area contributed by atoms with Gasteiger partial charge in [-0.3, -0.25) is 14.5 Å². The van der Waals surface area contributed by atoms with Crippen LogP contribution in [0, 0.1) is 13.8 Å². The van der Waals surface area contributed by atoms with Gasteiger partial charge in [0.2, 0.25) is 11.9 Å². The number of urea groups is 1. The van der Waals surface area contributed by atoms with Gasteiger partial charge in [0.1, 0.15) is 6.54 Å². The number of benzene rings is 1. The zero-order valence-electron chi connectivity index (χ0n) is 17.3. The van der Waals surface area contributed by atoms with Crippen LogP contribution in [-0.4, -0.2) is 74.1 Å². The molecule has 2 aliphatic heterocycles. The van der Waals surface area contributed by atoms with E-state index in [4.69, 9.17) is 22.3 Å². The van der Waals surface area contributed by atoms with Crippen molar-refractivity contribution in [3.05, 3.63) is 52.3 Å². The molecule has 0 aliphatic carbocycles. The molecule has 31 heavy (non-hydrogen) atoms. The zero-order chi connectivity index (χ0) is 22.4. The molecule has 2 unspecified atom stereocenters. The topological polar surface area (TPSA) is 117 Å². The van der Waals surface area contributed by atoms with Crippen LogP contribution in [0.4, 0.5) is 4.79 Å². The second-order valence-electron chi connectivity index (χ2n) is 7.63. The number of rotatable bonds is 4. The second kappa shape index (κ2) is 7.69. The third kappa shape index (κ3) is 3.52. The van der Waals surface area contributed by atoms with Crippen molar-refractivity contribution in [3.8, 4) is 0 Å². The molecule has 10 nitrogen and oxygen atoms in total. The number of hydrogen-bond acceptors (Lipinski definition) is 6. The standard InChI is InChI=1S/C20H22ClN7O3/c1-11-8-12(2)28(24-11)19-23-17-16(26(19)9-13-6-4-5-7-14(13)21)18(30)27(10-15(22)29)20(31)25(17)3/h4-8,16-17H,9-10H2,1-3H3,(H2,22,29). The molecule has 3 heterocycles. The highest BCUT2D eigenvalue weighted by Gasteiger charge is 2.53. The average molecular weight is 444 g/mol. The molecular weight excluding hydrogens is 422 g/mol. The highest BCUT2D eigenvalue weighted by atomic mass is 35.5. The number of fused-ring (bicyclic) bond motifs is 1. The van der Waals surface area contributed by atoms with Crippen molar-refractivity contribution in [3.63, 3.8) is 0 Å². The Morgan fingerprint density at radius 1 is 1.23 bits per heavy atom. The number of aliphatic imine (C=N–C) groups is 1. The highest BCUT2D eigenvalue weighted by Crippen LogP contribution is 2.31. The fourth-order valence-corrected chi connectivity index (χ4v) is 4.15. The van der Waals surface area contributed by atoms with Gasteiger partial charge in [0.15, 0.2) is 12.2 Å². The van der Waals surface area contributed by atoms with Gasteiger partial charge >= 0.3 is 6.03 Å². The number of primary amides is 1. The van der Waals surface area contributed by atoms with Crippen LogP contribution in [0.5, 0.6) is 0 Å². The van der Waals surface area contributed by atoms with Gasteiger partial charge in [-0.15, -0.1) is 0 Å². The molecule has 2 aliphatic rings. The van der Waals surface area contributed by atoms with E-state index in [2.05, 4.69) is 5.10 Å². The van der Waals surface area contributed by atoms with Crippen molar-refractivity contribution < 1.29 is 14.4 Å².